The summed E-state index contributed by atoms with van der Waals surface area (Å²) in [6, 6.07) is 8.88. The van der Waals surface area contributed by atoms with E-state index in [0.717, 1.165) is 10.7 Å². The van der Waals surface area contributed by atoms with Gasteiger partial charge in [0.25, 0.3) is 0 Å². The van der Waals surface area contributed by atoms with Gasteiger partial charge in [0.15, 0.2) is 0 Å². The lowest BCUT2D eigenvalue weighted by Gasteiger charge is -2.07. The van der Waals surface area contributed by atoms with Crippen molar-refractivity contribution in [1.82, 2.24) is 0 Å². The SMILES string of the molecule is Cc1cccc(CCCC(Br)C2CC2)c1. The Morgan fingerprint density at radius 3 is 2.87 bits per heavy atom. The summed E-state index contributed by atoms with van der Waals surface area (Å²) in [5.41, 5.74) is 2.87. The van der Waals surface area contributed by atoms with Crippen LogP contribution in [-0.2, 0) is 6.42 Å². The van der Waals surface area contributed by atoms with Gasteiger partial charge in [0.05, 0.1) is 0 Å². The Kier molecular flexibility index (Phi) is 3.85. The fourth-order valence-corrected chi connectivity index (χ4v) is 2.91. The van der Waals surface area contributed by atoms with Gasteiger partial charge in [0.1, 0.15) is 0 Å². The summed E-state index contributed by atoms with van der Waals surface area (Å²) >= 11 is 3.79. The molecular weight excluding hydrogens is 248 g/mol. The van der Waals surface area contributed by atoms with E-state index in [1.54, 1.807) is 0 Å². The predicted molar refractivity (Wildman–Crippen MR) is 69.6 cm³/mol. The second kappa shape index (κ2) is 5.16. The molecule has 1 aliphatic rings. The number of alkyl halides is 1. The number of benzene rings is 1. The standard InChI is InChI=1S/C14H19Br/c1-11-4-2-5-12(10-11)6-3-7-14(15)13-8-9-13/h2,4-5,10,13-14H,3,6-9H2,1H3. The first-order valence-electron chi connectivity index (χ1n) is 5.95. The van der Waals surface area contributed by atoms with E-state index in [2.05, 4.69) is 47.1 Å². The zero-order chi connectivity index (χ0) is 10.7. The quantitative estimate of drug-likeness (QED) is 0.689. The van der Waals surface area contributed by atoms with Crippen molar-refractivity contribution >= 4 is 15.9 Å². The molecule has 82 valence electrons. The molecular formula is C14H19Br. The minimum atomic E-state index is 0.780. The molecule has 1 fully saturated rings. The lowest BCUT2D eigenvalue weighted by atomic mass is 10.0. The van der Waals surface area contributed by atoms with Crippen LogP contribution in [0.2, 0.25) is 0 Å². The minimum Gasteiger partial charge on any atom is -0.0888 e. The van der Waals surface area contributed by atoms with E-state index in [9.17, 15) is 0 Å². The van der Waals surface area contributed by atoms with Gasteiger partial charge in [-0.15, -0.1) is 0 Å². The number of rotatable bonds is 5. The molecule has 1 aromatic rings. The highest BCUT2D eigenvalue weighted by Crippen LogP contribution is 2.38. The van der Waals surface area contributed by atoms with E-state index < -0.39 is 0 Å². The van der Waals surface area contributed by atoms with E-state index >= 15 is 0 Å². The average Bonchev–Trinajstić information content (AvgIpc) is 3.00. The maximum Gasteiger partial charge on any atom is 0.0174 e. The molecule has 0 heterocycles. The van der Waals surface area contributed by atoms with Crippen LogP contribution in [0.3, 0.4) is 0 Å². The van der Waals surface area contributed by atoms with Crippen LogP contribution in [-0.4, -0.2) is 4.83 Å². The third-order valence-corrected chi connectivity index (χ3v) is 4.37. The predicted octanol–water partition coefficient (Wildman–Crippen LogP) is 4.49. The topological polar surface area (TPSA) is 0 Å². The van der Waals surface area contributed by atoms with E-state index in [-0.39, 0.29) is 0 Å². The Labute approximate surface area is 101 Å². The molecule has 15 heavy (non-hydrogen) atoms. The van der Waals surface area contributed by atoms with Crippen molar-refractivity contribution < 1.29 is 0 Å². The third-order valence-electron chi connectivity index (χ3n) is 3.16. The molecule has 0 aromatic heterocycles. The molecule has 0 radical (unpaired) electrons. The molecule has 1 aliphatic carbocycles. The summed E-state index contributed by atoms with van der Waals surface area (Å²) in [5.74, 6) is 0.988. The Morgan fingerprint density at radius 1 is 1.40 bits per heavy atom. The van der Waals surface area contributed by atoms with E-state index in [1.165, 1.54) is 43.2 Å². The summed E-state index contributed by atoms with van der Waals surface area (Å²) in [7, 11) is 0. The summed E-state index contributed by atoms with van der Waals surface area (Å²) in [6.45, 7) is 2.17. The maximum atomic E-state index is 3.79. The Morgan fingerprint density at radius 2 is 2.20 bits per heavy atom. The van der Waals surface area contributed by atoms with Crippen LogP contribution in [0.15, 0.2) is 24.3 Å². The number of hydrogen-bond acceptors (Lipinski definition) is 0. The Balaban J connectivity index is 1.73. The lowest BCUT2D eigenvalue weighted by Crippen LogP contribution is -2.00. The van der Waals surface area contributed by atoms with Gasteiger partial charge >= 0.3 is 0 Å². The number of hydrogen-bond donors (Lipinski definition) is 0. The molecule has 0 N–H and O–H groups in total. The van der Waals surface area contributed by atoms with E-state index in [1.807, 2.05) is 0 Å². The molecule has 0 spiro atoms. The molecule has 0 amide bonds. The van der Waals surface area contributed by atoms with E-state index in [4.69, 9.17) is 0 Å². The Hall–Kier alpha value is -0.300. The number of aryl methyl sites for hydroxylation is 2. The fraction of sp³-hybridized carbons (Fsp3) is 0.571. The monoisotopic (exact) mass is 266 g/mol. The van der Waals surface area contributed by atoms with Crippen molar-refractivity contribution in [2.45, 2.75) is 43.9 Å². The smallest absolute Gasteiger partial charge is 0.0174 e. The normalized spacial score (nSPS) is 17.7. The van der Waals surface area contributed by atoms with Gasteiger partial charge < -0.3 is 0 Å². The van der Waals surface area contributed by atoms with Gasteiger partial charge in [-0.05, 0) is 50.5 Å². The van der Waals surface area contributed by atoms with Crippen molar-refractivity contribution in [3.8, 4) is 0 Å². The van der Waals surface area contributed by atoms with Gasteiger partial charge in [0, 0.05) is 4.83 Å². The molecule has 1 saturated carbocycles. The second-order valence-electron chi connectivity index (χ2n) is 4.73. The molecule has 0 aliphatic heterocycles. The van der Waals surface area contributed by atoms with Crippen LogP contribution in [0.25, 0.3) is 0 Å². The largest absolute Gasteiger partial charge is 0.0888 e. The molecule has 2 rings (SSSR count). The highest BCUT2D eigenvalue weighted by atomic mass is 79.9. The van der Waals surface area contributed by atoms with Crippen molar-refractivity contribution in [3.05, 3.63) is 35.4 Å². The molecule has 1 heteroatoms. The summed E-state index contributed by atoms with van der Waals surface area (Å²) < 4.78 is 0. The first-order valence-corrected chi connectivity index (χ1v) is 6.87. The molecule has 1 unspecified atom stereocenters. The zero-order valence-corrected chi connectivity index (χ0v) is 11.0. The first kappa shape index (κ1) is 11.2. The average molecular weight is 267 g/mol. The molecule has 1 atom stereocenters. The van der Waals surface area contributed by atoms with Crippen molar-refractivity contribution in [2.24, 2.45) is 5.92 Å². The van der Waals surface area contributed by atoms with Crippen LogP contribution in [0.1, 0.15) is 36.8 Å². The molecule has 0 saturated heterocycles. The highest BCUT2D eigenvalue weighted by molar-refractivity contribution is 9.09. The summed E-state index contributed by atoms with van der Waals surface area (Å²) in [6.07, 6.45) is 6.77. The molecule has 0 nitrogen and oxygen atoms in total. The van der Waals surface area contributed by atoms with Crippen LogP contribution in [0.5, 0.6) is 0 Å². The minimum absolute atomic E-state index is 0.780. The first-order chi connectivity index (χ1) is 7.25. The fourth-order valence-electron chi connectivity index (χ4n) is 2.06. The molecule has 1 aromatic carbocycles. The van der Waals surface area contributed by atoms with Crippen LogP contribution in [0, 0.1) is 12.8 Å². The summed E-state index contributed by atoms with van der Waals surface area (Å²) in [4.78, 5) is 0.780. The zero-order valence-electron chi connectivity index (χ0n) is 9.38. The third kappa shape index (κ3) is 3.64. The van der Waals surface area contributed by atoms with Gasteiger partial charge in [0.2, 0.25) is 0 Å². The number of halogens is 1. The maximum absolute atomic E-state index is 3.79. The Bertz CT molecular complexity index is 315. The van der Waals surface area contributed by atoms with Gasteiger partial charge in [-0.25, -0.2) is 0 Å². The summed E-state index contributed by atoms with van der Waals surface area (Å²) in [5, 5.41) is 0. The van der Waals surface area contributed by atoms with E-state index in [0.29, 0.717) is 0 Å². The van der Waals surface area contributed by atoms with Gasteiger partial charge in [-0.3, -0.25) is 0 Å². The van der Waals surface area contributed by atoms with Crippen molar-refractivity contribution in [3.63, 3.8) is 0 Å². The highest BCUT2D eigenvalue weighted by Gasteiger charge is 2.28. The second-order valence-corrected chi connectivity index (χ2v) is 5.91. The van der Waals surface area contributed by atoms with Gasteiger partial charge in [-0.1, -0.05) is 45.8 Å². The van der Waals surface area contributed by atoms with Crippen molar-refractivity contribution in [1.29, 1.82) is 0 Å². The van der Waals surface area contributed by atoms with Crippen LogP contribution in [0.4, 0.5) is 0 Å². The van der Waals surface area contributed by atoms with Crippen molar-refractivity contribution in [2.75, 3.05) is 0 Å². The molecule has 0 bridgehead atoms. The van der Waals surface area contributed by atoms with Crippen LogP contribution < -0.4 is 0 Å². The lowest BCUT2D eigenvalue weighted by molar-refractivity contribution is 0.653. The van der Waals surface area contributed by atoms with Gasteiger partial charge in [-0.2, -0.15) is 0 Å². The van der Waals surface area contributed by atoms with Crippen LogP contribution >= 0.6 is 15.9 Å².